The van der Waals surface area contributed by atoms with Gasteiger partial charge in [-0.1, -0.05) is 0 Å². The Morgan fingerprint density at radius 1 is 1.26 bits per heavy atom. The molecule has 1 aliphatic carbocycles. The molecule has 4 rings (SSSR count). The highest BCUT2D eigenvalue weighted by molar-refractivity contribution is 5.64. The molecule has 124 valence electrons. The maximum Gasteiger partial charge on any atom is 0.127 e. The summed E-state index contributed by atoms with van der Waals surface area (Å²) in [5, 5.41) is 0. The first-order chi connectivity index (χ1) is 11.1. The van der Waals surface area contributed by atoms with E-state index in [0.29, 0.717) is 6.61 Å². The van der Waals surface area contributed by atoms with Crippen LogP contribution in [-0.2, 0) is 0 Å². The standard InChI is InChI=1S/C19H26N2O2/c1-20(2)9-16-17-10-21(11-18(16)17)8-13-6-14-7-15(22-3)4-5-19(14)23-12-13/h4-7,16-18H,8-12H2,1-3H3/t16?,17-,18+. The van der Waals surface area contributed by atoms with E-state index in [1.807, 2.05) is 12.1 Å². The van der Waals surface area contributed by atoms with Crippen molar-refractivity contribution in [2.75, 3.05) is 54.0 Å². The molecule has 23 heavy (non-hydrogen) atoms. The van der Waals surface area contributed by atoms with Gasteiger partial charge in [0.2, 0.25) is 0 Å². The molecule has 1 saturated heterocycles. The molecule has 2 aliphatic heterocycles. The summed E-state index contributed by atoms with van der Waals surface area (Å²) in [4.78, 5) is 4.93. The first-order valence-electron chi connectivity index (χ1n) is 8.51. The van der Waals surface area contributed by atoms with Crippen LogP contribution in [0.1, 0.15) is 5.56 Å². The van der Waals surface area contributed by atoms with Gasteiger partial charge in [-0.25, -0.2) is 0 Å². The molecule has 1 saturated carbocycles. The Morgan fingerprint density at radius 3 is 2.74 bits per heavy atom. The van der Waals surface area contributed by atoms with Crippen molar-refractivity contribution in [3.63, 3.8) is 0 Å². The Balaban J connectivity index is 1.37. The van der Waals surface area contributed by atoms with Crippen LogP contribution in [0.4, 0.5) is 0 Å². The van der Waals surface area contributed by atoms with Crippen LogP contribution in [0.15, 0.2) is 23.8 Å². The van der Waals surface area contributed by atoms with E-state index in [0.717, 1.165) is 41.4 Å². The number of likely N-dealkylation sites (tertiary alicyclic amines) is 1. The minimum atomic E-state index is 0.715. The number of hydrogen-bond donors (Lipinski definition) is 0. The first-order valence-corrected chi connectivity index (χ1v) is 8.51. The van der Waals surface area contributed by atoms with Gasteiger partial charge in [0.15, 0.2) is 0 Å². The third-order valence-corrected chi connectivity index (χ3v) is 5.44. The molecule has 1 aromatic carbocycles. The lowest BCUT2D eigenvalue weighted by atomic mass is 10.1. The number of fused-ring (bicyclic) bond motifs is 2. The molecule has 2 heterocycles. The summed E-state index contributed by atoms with van der Waals surface area (Å²) in [5.74, 6) is 4.64. The van der Waals surface area contributed by atoms with Crippen molar-refractivity contribution in [3.05, 3.63) is 29.3 Å². The molecule has 0 amide bonds. The average molecular weight is 314 g/mol. The third kappa shape index (κ3) is 2.98. The zero-order valence-corrected chi connectivity index (χ0v) is 14.3. The largest absolute Gasteiger partial charge is 0.497 e. The molecule has 1 aromatic rings. The zero-order valence-electron chi connectivity index (χ0n) is 14.3. The highest BCUT2D eigenvalue weighted by Crippen LogP contribution is 2.51. The Labute approximate surface area is 138 Å². The number of methoxy groups -OCH3 is 1. The summed E-state index contributed by atoms with van der Waals surface area (Å²) in [6.45, 7) is 5.52. The Hall–Kier alpha value is -1.52. The van der Waals surface area contributed by atoms with Gasteiger partial charge in [0.1, 0.15) is 18.1 Å². The van der Waals surface area contributed by atoms with E-state index in [1.54, 1.807) is 7.11 Å². The van der Waals surface area contributed by atoms with Gasteiger partial charge < -0.3 is 14.4 Å². The summed E-state index contributed by atoms with van der Waals surface area (Å²) >= 11 is 0. The number of ether oxygens (including phenoxy) is 2. The van der Waals surface area contributed by atoms with Gasteiger partial charge in [-0.2, -0.15) is 0 Å². The first kappa shape index (κ1) is 15.0. The summed E-state index contributed by atoms with van der Waals surface area (Å²) in [6, 6.07) is 6.01. The van der Waals surface area contributed by atoms with E-state index in [9.17, 15) is 0 Å². The van der Waals surface area contributed by atoms with Gasteiger partial charge in [0.05, 0.1) is 7.11 Å². The Bertz CT molecular complexity index is 614. The van der Waals surface area contributed by atoms with Crippen LogP contribution >= 0.6 is 0 Å². The highest BCUT2D eigenvalue weighted by Gasteiger charge is 2.55. The normalized spacial score (nSPS) is 28.9. The van der Waals surface area contributed by atoms with E-state index in [2.05, 4.69) is 36.0 Å². The molecule has 0 N–H and O–H groups in total. The van der Waals surface area contributed by atoms with E-state index in [4.69, 9.17) is 9.47 Å². The van der Waals surface area contributed by atoms with Gasteiger partial charge in [-0.05, 0) is 61.7 Å². The minimum absolute atomic E-state index is 0.715. The molecule has 0 bridgehead atoms. The van der Waals surface area contributed by atoms with Crippen LogP contribution in [0.5, 0.6) is 11.5 Å². The van der Waals surface area contributed by atoms with Crippen molar-refractivity contribution in [2.24, 2.45) is 17.8 Å². The quantitative estimate of drug-likeness (QED) is 0.832. The van der Waals surface area contributed by atoms with Gasteiger partial charge >= 0.3 is 0 Å². The van der Waals surface area contributed by atoms with Crippen molar-refractivity contribution in [1.29, 1.82) is 0 Å². The van der Waals surface area contributed by atoms with Gasteiger partial charge in [0.25, 0.3) is 0 Å². The molecule has 4 heteroatoms. The minimum Gasteiger partial charge on any atom is -0.497 e. The molecule has 0 spiro atoms. The average Bonchev–Trinajstić information content (AvgIpc) is 2.97. The van der Waals surface area contributed by atoms with Gasteiger partial charge in [0, 0.05) is 31.7 Å². The van der Waals surface area contributed by atoms with Crippen molar-refractivity contribution < 1.29 is 9.47 Å². The maximum absolute atomic E-state index is 5.90. The summed E-state index contributed by atoms with van der Waals surface area (Å²) < 4.78 is 11.2. The highest BCUT2D eigenvalue weighted by atomic mass is 16.5. The van der Waals surface area contributed by atoms with Crippen molar-refractivity contribution >= 4 is 6.08 Å². The number of benzene rings is 1. The molecule has 3 aliphatic rings. The fourth-order valence-corrected chi connectivity index (χ4v) is 4.27. The summed E-state index contributed by atoms with van der Waals surface area (Å²) in [6.07, 6.45) is 2.28. The smallest absolute Gasteiger partial charge is 0.127 e. The Morgan fingerprint density at radius 2 is 2.04 bits per heavy atom. The van der Waals surface area contributed by atoms with Crippen molar-refractivity contribution in [3.8, 4) is 11.5 Å². The van der Waals surface area contributed by atoms with Gasteiger partial charge in [-0.3, -0.25) is 4.90 Å². The molecule has 2 fully saturated rings. The lowest BCUT2D eigenvalue weighted by Crippen LogP contribution is -2.30. The molecular formula is C19H26N2O2. The second kappa shape index (κ2) is 5.84. The van der Waals surface area contributed by atoms with Crippen LogP contribution < -0.4 is 9.47 Å². The van der Waals surface area contributed by atoms with E-state index in [-0.39, 0.29) is 0 Å². The number of piperidine rings is 1. The molecule has 0 aromatic heterocycles. The molecule has 0 radical (unpaired) electrons. The predicted molar refractivity (Wildman–Crippen MR) is 91.9 cm³/mol. The second-order valence-electron chi connectivity index (χ2n) is 7.44. The molecule has 3 atom stereocenters. The molecule has 4 nitrogen and oxygen atoms in total. The second-order valence-corrected chi connectivity index (χ2v) is 7.44. The predicted octanol–water partition coefficient (Wildman–Crippen LogP) is 2.21. The van der Waals surface area contributed by atoms with Gasteiger partial charge in [-0.15, -0.1) is 0 Å². The number of hydrogen-bond acceptors (Lipinski definition) is 4. The lowest BCUT2D eigenvalue weighted by Gasteiger charge is -2.25. The topological polar surface area (TPSA) is 24.9 Å². The number of rotatable bonds is 5. The SMILES string of the molecule is COc1ccc2c(c1)C=C(CN1C[C@@H]3C(CN(C)C)[C@@H]3C1)CO2. The van der Waals surface area contributed by atoms with Crippen LogP contribution in [0, 0.1) is 17.8 Å². The summed E-state index contributed by atoms with van der Waals surface area (Å²) in [5.41, 5.74) is 2.51. The fraction of sp³-hybridized carbons (Fsp3) is 0.579. The van der Waals surface area contributed by atoms with Crippen LogP contribution in [0.2, 0.25) is 0 Å². The van der Waals surface area contributed by atoms with Crippen molar-refractivity contribution in [1.82, 2.24) is 9.80 Å². The van der Waals surface area contributed by atoms with E-state index >= 15 is 0 Å². The maximum atomic E-state index is 5.90. The molecular weight excluding hydrogens is 288 g/mol. The van der Waals surface area contributed by atoms with Crippen molar-refractivity contribution in [2.45, 2.75) is 0 Å². The lowest BCUT2D eigenvalue weighted by molar-refractivity contribution is 0.265. The fourth-order valence-electron chi connectivity index (χ4n) is 4.27. The monoisotopic (exact) mass is 314 g/mol. The van der Waals surface area contributed by atoms with Crippen LogP contribution in [-0.4, -0.2) is 63.8 Å². The zero-order chi connectivity index (χ0) is 16.0. The van der Waals surface area contributed by atoms with E-state index in [1.165, 1.54) is 25.2 Å². The van der Waals surface area contributed by atoms with Crippen LogP contribution in [0.25, 0.3) is 6.08 Å². The Kier molecular flexibility index (Phi) is 3.82. The van der Waals surface area contributed by atoms with Crippen LogP contribution in [0.3, 0.4) is 0 Å². The molecule has 1 unspecified atom stereocenters. The third-order valence-electron chi connectivity index (χ3n) is 5.44. The summed E-state index contributed by atoms with van der Waals surface area (Å²) in [7, 11) is 6.07. The van der Waals surface area contributed by atoms with E-state index < -0.39 is 0 Å². The number of nitrogens with zero attached hydrogens (tertiary/aromatic N) is 2.